The molecule has 32 heavy (non-hydrogen) atoms. The number of fused-ring (bicyclic) bond motifs is 2. The maximum atomic E-state index is 14.7. The zero-order chi connectivity index (χ0) is 22.5. The lowest BCUT2D eigenvalue weighted by Gasteiger charge is -2.34. The fourth-order valence-corrected chi connectivity index (χ4v) is 4.50. The normalized spacial score (nSPS) is 22.4. The molecular weight excluding hydrogens is 430 g/mol. The third-order valence-corrected chi connectivity index (χ3v) is 5.88. The molecule has 1 saturated heterocycles. The maximum absolute atomic E-state index is 14.7. The number of carbonyl (C=O) groups excluding carboxylic acids is 1. The summed E-state index contributed by atoms with van der Waals surface area (Å²) in [6, 6.07) is 3.73. The van der Waals surface area contributed by atoms with E-state index in [-0.39, 0.29) is 35.2 Å². The molecule has 12 heteroatoms. The van der Waals surface area contributed by atoms with Crippen LogP contribution in [0.25, 0.3) is 5.69 Å². The SMILES string of the molecule is O=C(c1c(F)cccc1-n1nccn1)N1CC2CC1[C@@H](Nc1ncc(C(F)(F)F)cn1)C2. The molecular formula is C20H17F4N7O. The van der Waals surface area contributed by atoms with Gasteiger partial charge in [0.1, 0.15) is 17.1 Å². The van der Waals surface area contributed by atoms with Gasteiger partial charge in [-0.3, -0.25) is 4.79 Å². The second kappa shape index (κ2) is 7.53. The summed E-state index contributed by atoms with van der Waals surface area (Å²) in [7, 11) is 0. The molecule has 3 heterocycles. The van der Waals surface area contributed by atoms with Crippen LogP contribution in [0.2, 0.25) is 0 Å². The second-order valence-corrected chi connectivity index (χ2v) is 7.86. The largest absolute Gasteiger partial charge is 0.419 e. The van der Waals surface area contributed by atoms with Crippen LogP contribution in [-0.2, 0) is 6.18 Å². The Morgan fingerprint density at radius 2 is 1.81 bits per heavy atom. The summed E-state index contributed by atoms with van der Waals surface area (Å²) in [5.41, 5.74) is -0.828. The Balaban J connectivity index is 1.37. The molecule has 2 aromatic heterocycles. The Morgan fingerprint density at radius 1 is 1.09 bits per heavy atom. The Hall–Kier alpha value is -3.57. The molecule has 1 aliphatic heterocycles. The molecule has 1 N–H and O–H groups in total. The highest BCUT2D eigenvalue weighted by Crippen LogP contribution is 2.40. The van der Waals surface area contributed by atoms with Gasteiger partial charge in [-0.05, 0) is 30.9 Å². The van der Waals surface area contributed by atoms with E-state index in [0.717, 1.165) is 0 Å². The van der Waals surface area contributed by atoms with Crippen LogP contribution in [0.15, 0.2) is 43.0 Å². The summed E-state index contributed by atoms with van der Waals surface area (Å²) in [5.74, 6) is -0.921. The van der Waals surface area contributed by atoms with E-state index in [0.29, 0.717) is 31.8 Å². The summed E-state index contributed by atoms with van der Waals surface area (Å²) < 4.78 is 52.9. The molecule has 3 atom stereocenters. The first-order valence-electron chi connectivity index (χ1n) is 9.93. The third kappa shape index (κ3) is 3.55. The van der Waals surface area contributed by atoms with Crippen LogP contribution < -0.4 is 5.32 Å². The zero-order valence-electron chi connectivity index (χ0n) is 16.5. The van der Waals surface area contributed by atoms with E-state index < -0.39 is 23.5 Å². The third-order valence-electron chi connectivity index (χ3n) is 5.88. The van der Waals surface area contributed by atoms with E-state index in [1.54, 1.807) is 11.0 Å². The van der Waals surface area contributed by atoms with Gasteiger partial charge >= 0.3 is 6.18 Å². The number of benzene rings is 1. The van der Waals surface area contributed by atoms with E-state index >= 15 is 0 Å². The van der Waals surface area contributed by atoms with Crippen molar-refractivity contribution in [3.8, 4) is 5.69 Å². The number of hydrogen-bond acceptors (Lipinski definition) is 6. The molecule has 1 aliphatic carbocycles. The fourth-order valence-electron chi connectivity index (χ4n) is 4.50. The molecule has 1 amide bonds. The van der Waals surface area contributed by atoms with Crippen LogP contribution in [0.1, 0.15) is 28.8 Å². The van der Waals surface area contributed by atoms with E-state index in [1.165, 1.54) is 29.3 Å². The van der Waals surface area contributed by atoms with Crippen molar-refractivity contribution in [1.82, 2.24) is 29.9 Å². The first-order chi connectivity index (χ1) is 15.3. The van der Waals surface area contributed by atoms with Gasteiger partial charge in [-0.25, -0.2) is 14.4 Å². The van der Waals surface area contributed by atoms with E-state index in [2.05, 4.69) is 25.5 Å². The van der Waals surface area contributed by atoms with Crippen molar-refractivity contribution in [2.45, 2.75) is 31.1 Å². The number of aromatic nitrogens is 5. The van der Waals surface area contributed by atoms with Crippen molar-refractivity contribution in [2.75, 3.05) is 11.9 Å². The molecule has 1 saturated carbocycles. The van der Waals surface area contributed by atoms with Gasteiger partial charge in [-0.15, -0.1) is 0 Å². The van der Waals surface area contributed by atoms with Gasteiger partial charge in [0.2, 0.25) is 5.95 Å². The van der Waals surface area contributed by atoms with E-state index in [9.17, 15) is 22.4 Å². The van der Waals surface area contributed by atoms with Crippen LogP contribution in [0.5, 0.6) is 0 Å². The summed E-state index contributed by atoms with van der Waals surface area (Å²) >= 11 is 0. The molecule has 2 unspecified atom stereocenters. The standard InChI is InChI=1S/C20H17F4N7O/c21-13-2-1-3-15(31-27-4-5-28-31)17(13)18(32)30-10-11-6-14(16(30)7-11)29-19-25-8-12(9-26-19)20(22,23)24/h1-5,8-9,11,14,16H,6-7,10H2,(H,25,26,29)/t11?,14-,16?/m0/s1. The molecule has 166 valence electrons. The average Bonchev–Trinajstić information content (AvgIpc) is 3.50. The van der Waals surface area contributed by atoms with Crippen molar-refractivity contribution in [3.63, 3.8) is 0 Å². The van der Waals surface area contributed by atoms with Crippen LogP contribution in [-0.4, -0.2) is 54.4 Å². The van der Waals surface area contributed by atoms with Crippen LogP contribution in [0.4, 0.5) is 23.5 Å². The predicted octanol–water partition coefficient (Wildman–Crippen LogP) is 2.93. The molecule has 2 aliphatic rings. The minimum Gasteiger partial charge on any atom is -0.349 e. The van der Waals surface area contributed by atoms with Gasteiger partial charge in [-0.1, -0.05) is 6.07 Å². The minimum absolute atomic E-state index is 0.0512. The Kier molecular flexibility index (Phi) is 4.79. The summed E-state index contributed by atoms with van der Waals surface area (Å²) in [6.07, 6.45) is 1.19. The van der Waals surface area contributed by atoms with Gasteiger partial charge in [-0.2, -0.15) is 28.2 Å². The van der Waals surface area contributed by atoms with Gasteiger partial charge in [0.05, 0.1) is 24.0 Å². The van der Waals surface area contributed by atoms with Crippen LogP contribution in [0, 0.1) is 11.7 Å². The number of carbonyl (C=O) groups is 1. The lowest BCUT2D eigenvalue weighted by atomic mass is 10.0. The Bertz CT molecular complexity index is 1130. The molecule has 0 radical (unpaired) electrons. The minimum atomic E-state index is -4.52. The summed E-state index contributed by atoms with van der Waals surface area (Å²) in [5, 5.41) is 11.0. The number of alkyl halides is 3. The smallest absolute Gasteiger partial charge is 0.349 e. The summed E-state index contributed by atoms with van der Waals surface area (Å²) in [6.45, 7) is 0.468. The van der Waals surface area contributed by atoms with Crippen molar-refractivity contribution >= 4 is 11.9 Å². The highest BCUT2D eigenvalue weighted by Gasteiger charge is 2.48. The molecule has 1 aromatic carbocycles. The maximum Gasteiger partial charge on any atom is 0.419 e. The van der Waals surface area contributed by atoms with E-state index in [1.807, 2.05) is 0 Å². The molecule has 2 fully saturated rings. The predicted molar refractivity (Wildman–Crippen MR) is 103 cm³/mol. The van der Waals surface area contributed by atoms with Gasteiger partial charge in [0.15, 0.2) is 0 Å². The number of anilines is 1. The Labute approximate surface area is 179 Å². The number of halogens is 4. The molecule has 3 aromatic rings. The number of nitrogens with one attached hydrogen (secondary N) is 1. The zero-order valence-corrected chi connectivity index (χ0v) is 16.5. The molecule has 0 spiro atoms. The van der Waals surface area contributed by atoms with Crippen molar-refractivity contribution in [2.24, 2.45) is 5.92 Å². The highest BCUT2D eigenvalue weighted by atomic mass is 19.4. The topological polar surface area (TPSA) is 88.8 Å². The van der Waals surface area contributed by atoms with Crippen molar-refractivity contribution < 1.29 is 22.4 Å². The molecule has 5 rings (SSSR count). The van der Waals surface area contributed by atoms with Gasteiger partial charge in [0.25, 0.3) is 5.91 Å². The van der Waals surface area contributed by atoms with Crippen LogP contribution in [0.3, 0.4) is 0 Å². The fraction of sp³-hybridized carbons (Fsp3) is 0.350. The van der Waals surface area contributed by atoms with Gasteiger partial charge < -0.3 is 10.2 Å². The number of amides is 1. The number of rotatable bonds is 4. The highest BCUT2D eigenvalue weighted by molar-refractivity contribution is 5.98. The monoisotopic (exact) mass is 447 g/mol. The lowest BCUT2D eigenvalue weighted by Crippen LogP contribution is -2.48. The van der Waals surface area contributed by atoms with E-state index in [4.69, 9.17) is 0 Å². The second-order valence-electron chi connectivity index (χ2n) is 7.86. The quantitative estimate of drug-likeness (QED) is 0.619. The number of nitrogens with zero attached hydrogens (tertiary/aromatic N) is 6. The van der Waals surface area contributed by atoms with Crippen molar-refractivity contribution in [3.05, 3.63) is 59.9 Å². The van der Waals surface area contributed by atoms with Gasteiger partial charge in [0, 0.05) is 25.0 Å². The molecule has 2 bridgehead atoms. The first kappa shape index (κ1) is 20.3. The van der Waals surface area contributed by atoms with Crippen molar-refractivity contribution in [1.29, 1.82) is 0 Å². The number of likely N-dealkylation sites (tertiary alicyclic amines) is 1. The number of piperidine rings is 1. The summed E-state index contributed by atoms with van der Waals surface area (Å²) in [4.78, 5) is 23.7. The lowest BCUT2D eigenvalue weighted by molar-refractivity contribution is -0.138. The molecule has 8 nitrogen and oxygen atoms in total. The van der Waals surface area contributed by atoms with Crippen LogP contribution >= 0.6 is 0 Å². The first-order valence-corrected chi connectivity index (χ1v) is 9.93. The number of hydrogen-bond donors (Lipinski definition) is 1. The average molecular weight is 447 g/mol. The Morgan fingerprint density at radius 3 is 2.47 bits per heavy atom.